The van der Waals surface area contributed by atoms with Crippen molar-refractivity contribution < 1.29 is 8.94 Å². The molecule has 3 aromatic heterocycles. The molecule has 3 heterocycles. The fraction of sp³-hybridized carbons (Fsp3) is 0.133. The zero-order valence-corrected chi connectivity index (χ0v) is 10.8. The van der Waals surface area contributed by atoms with Crippen molar-refractivity contribution in [2.45, 2.75) is 12.8 Å². The summed E-state index contributed by atoms with van der Waals surface area (Å²) in [5.41, 5.74) is 2.80. The second-order valence-electron chi connectivity index (χ2n) is 4.83. The molecule has 1 N–H and O–H groups in total. The normalized spacial score (nSPS) is 12.5. The van der Waals surface area contributed by atoms with E-state index < -0.39 is 0 Å². The van der Waals surface area contributed by atoms with Crippen LogP contribution in [-0.4, -0.2) is 10.1 Å². The summed E-state index contributed by atoms with van der Waals surface area (Å²) in [7, 11) is 0. The topological polar surface area (TPSA) is 95.8 Å². The maximum atomic E-state index is 11.7. The SMILES string of the molecule is N#Cc1cc2c([nH]c1=O)CCc1c(-c3ccco3)noc1-2. The molecular weight excluding hydrogens is 270 g/mol. The number of rotatable bonds is 1. The van der Waals surface area contributed by atoms with Crippen molar-refractivity contribution in [3.8, 4) is 28.8 Å². The molecular formula is C15H9N3O3. The zero-order valence-electron chi connectivity index (χ0n) is 10.8. The zero-order chi connectivity index (χ0) is 14.4. The van der Waals surface area contributed by atoms with Crippen LogP contribution in [0.3, 0.4) is 0 Å². The first-order valence-electron chi connectivity index (χ1n) is 6.47. The third-order valence-electron chi connectivity index (χ3n) is 3.66. The van der Waals surface area contributed by atoms with E-state index >= 15 is 0 Å². The van der Waals surface area contributed by atoms with Gasteiger partial charge in [0.05, 0.1) is 6.26 Å². The Bertz CT molecular complexity index is 926. The van der Waals surface area contributed by atoms with Crippen molar-refractivity contribution in [2.75, 3.05) is 0 Å². The van der Waals surface area contributed by atoms with Crippen molar-refractivity contribution in [3.63, 3.8) is 0 Å². The van der Waals surface area contributed by atoms with Gasteiger partial charge in [0, 0.05) is 16.8 Å². The molecule has 0 aromatic carbocycles. The lowest BCUT2D eigenvalue weighted by Gasteiger charge is -2.14. The molecule has 0 aliphatic heterocycles. The van der Waals surface area contributed by atoms with Gasteiger partial charge in [-0.25, -0.2) is 0 Å². The molecule has 1 aliphatic carbocycles. The van der Waals surface area contributed by atoms with Crippen molar-refractivity contribution >= 4 is 0 Å². The molecule has 3 aromatic rings. The molecule has 0 bridgehead atoms. The van der Waals surface area contributed by atoms with Gasteiger partial charge in [0.2, 0.25) is 0 Å². The standard InChI is InChI=1S/C15H9N3O3/c16-7-8-6-10-11(17-15(8)19)4-3-9-13(18-21-14(9)10)12-2-1-5-20-12/h1-2,5-6H,3-4H2,(H,17,19). The van der Waals surface area contributed by atoms with Crippen LogP contribution in [0, 0.1) is 11.3 Å². The minimum atomic E-state index is -0.370. The van der Waals surface area contributed by atoms with Gasteiger partial charge < -0.3 is 13.9 Å². The van der Waals surface area contributed by atoms with E-state index in [9.17, 15) is 4.79 Å². The van der Waals surface area contributed by atoms with Crippen LogP contribution in [0.15, 0.2) is 38.2 Å². The van der Waals surface area contributed by atoms with E-state index in [1.54, 1.807) is 18.4 Å². The smallest absolute Gasteiger partial charge is 0.266 e. The van der Waals surface area contributed by atoms with Crippen LogP contribution in [0.1, 0.15) is 16.8 Å². The van der Waals surface area contributed by atoms with Crippen LogP contribution in [-0.2, 0) is 12.8 Å². The van der Waals surface area contributed by atoms with E-state index in [0.717, 1.165) is 16.8 Å². The number of nitrogens with zero attached hydrogens (tertiary/aromatic N) is 2. The third kappa shape index (κ3) is 1.64. The van der Waals surface area contributed by atoms with Crippen molar-refractivity contribution in [3.05, 3.63) is 51.6 Å². The highest BCUT2D eigenvalue weighted by Crippen LogP contribution is 2.37. The molecule has 102 valence electrons. The average molecular weight is 279 g/mol. The summed E-state index contributed by atoms with van der Waals surface area (Å²) in [6, 6.07) is 7.06. The summed E-state index contributed by atoms with van der Waals surface area (Å²) in [6.07, 6.45) is 2.94. The Morgan fingerprint density at radius 3 is 3.05 bits per heavy atom. The minimum absolute atomic E-state index is 0.0672. The molecule has 0 amide bonds. The molecule has 0 saturated carbocycles. The van der Waals surface area contributed by atoms with Crippen LogP contribution < -0.4 is 5.56 Å². The van der Waals surface area contributed by atoms with Gasteiger partial charge in [0.1, 0.15) is 11.6 Å². The van der Waals surface area contributed by atoms with Gasteiger partial charge in [-0.3, -0.25) is 4.79 Å². The lowest BCUT2D eigenvalue weighted by atomic mass is 9.92. The van der Waals surface area contributed by atoms with Crippen LogP contribution in [0.25, 0.3) is 22.8 Å². The van der Waals surface area contributed by atoms with E-state index in [0.29, 0.717) is 30.1 Å². The van der Waals surface area contributed by atoms with Gasteiger partial charge in [-0.15, -0.1) is 0 Å². The number of nitriles is 1. The van der Waals surface area contributed by atoms with Gasteiger partial charge in [-0.2, -0.15) is 5.26 Å². The Balaban J connectivity index is 1.95. The second kappa shape index (κ2) is 4.21. The highest BCUT2D eigenvalue weighted by Gasteiger charge is 2.27. The first kappa shape index (κ1) is 11.7. The molecule has 0 atom stereocenters. The Labute approximate surface area is 118 Å². The number of H-pyrrole nitrogens is 1. The maximum Gasteiger partial charge on any atom is 0.266 e. The summed E-state index contributed by atoms with van der Waals surface area (Å²) in [5, 5.41) is 13.1. The Morgan fingerprint density at radius 1 is 1.38 bits per heavy atom. The number of aromatic nitrogens is 2. The molecule has 6 heteroatoms. The predicted molar refractivity (Wildman–Crippen MR) is 72.4 cm³/mol. The number of nitrogens with one attached hydrogen (secondary N) is 1. The lowest BCUT2D eigenvalue weighted by molar-refractivity contribution is 0.429. The number of pyridine rings is 1. The Morgan fingerprint density at radius 2 is 2.29 bits per heavy atom. The molecule has 0 spiro atoms. The largest absolute Gasteiger partial charge is 0.463 e. The summed E-state index contributed by atoms with van der Waals surface area (Å²) >= 11 is 0. The van der Waals surface area contributed by atoms with Crippen molar-refractivity contribution in [1.82, 2.24) is 10.1 Å². The summed E-state index contributed by atoms with van der Waals surface area (Å²) in [4.78, 5) is 14.4. The summed E-state index contributed by atoms with van der Waals surface area (Å²) in [5.74, 6) is 1.24. The van der Waals surface area contributed by atoms with Crippen LogP contribution in [0.2, 0.25) is 0 Å². The monoisotopic (exact) mass is 279 g/mol. The first-order valence-corrected chi connectivity index (χ1v) is 6.47. The number of furan rings is 1. The fourth-order valence-electron chi connectivity index (χ4n) is 2.66. The van der Waals surface area contributed by atoms with Crippen LogP contribution >= 0.6 is 0 Å². The molecule has 1 aliphatic rings. The van der Waals surface area contributed by atoms with E-state index in [2.05, 4.69) is 10.1 Å². The molecule has 0 radical (unpaired) electrons. The summed E-state index contributed by atoms with van der Waals surface area (Å²) in [6.45, 7) is 0. The van der Waals surface area contributed by atoms with Gasteiger partial charge in [0.25, 0.3) is 5.56 Å². The molecule has 0 unspecified atom stereocenters. The minimum Gasteiger partial charge on any atom is -0.463 e. The highest BCUT2D eigenvalue weighted by molar-refractivity contribution is 5.74. The van der Waals surface area contributed by atoms with Gasteiger partial charge >= 0.3 is 0 Å². The van der Waals surface area contributed by atoms with E-state index in [1.165, 1.54) is 0 Å². The number of fused-ring (bicyclic) bond motifs is 3. The Hall–Kier alpha value is -3.07. The van der Waals surface area contributed by atoms with E-state index in [4.69, 9.17) is 14.2 Å². The van der Waals surface area contributed by atoms with Gasteiger partial charge in [0.15, 0.2) is 17.2 Å². The summed E-state index contributed by atoms with van der Waals surface area (Å²) < 4.78 is 10.8. The fourth-order valence-corrected chi connectivity index (χ4v) is 2.66. The second-order valence-corrected chi connectivity index (χ2v) is 4.83. The van der Waals surface area contributed by atoms with E-state index in [1.807, 2.05) is 12.1 Å². The number of aromatic amines is 1. The molecule has 6 nitrogen and oxygen atoms in total. The van der Waals surface area contributed by atoms with Crippen LogP contribution in [0.4, 0.5) is 0 Å². The molecule has 4 rings (SSSR count). The molecule has 0 saturated heterocycles. The number of hydrogen-bond donors (Lipinski definition) is 1. The van der Waals surface area contributed by atoms with Gasteiger partial charge in [-0.1, -0.05) is 5.16 Å². The average Bonchev–Trinajstić information content (AvgIpc) is 3.14. The maximum absolute atomic E-state index is 11.7. The van der Waals surface area contributed by atoms with Crippen molar-refractivity contribution in [1.29, 1.82) is 5.26 Å². The van der Waals surface area contributed by atoms with E-state index in [-0.39, 0.29) is 11.1 Å². The van der Waals surface area contributed by atoms with Crippen LogP contribution in [0.5, 0.6) is 0 Å². The molecule has 0 fully saturated rings. The van der Waals surface area contributed by atoms with Gasteiger partial charge in [-0.05, 0) is 31.0 Å². The first-order chi connectivity index (χ1) is 10.3. The quantitative estimate of drug-likeness (QED) is 0.737. The lowest BCUT2D eigenvalue weighted by Crippen LogP contribution is -2.16. The number of aryl methyl sites for hydroxylation is 1. The predicted octanol–water partition coefficient (Wildman–Crippen LogP) is 2.26. The molecule has 21 heavy (non-hydrogen) atoms. The number of hydrogen-bond acceptors (Lipinski definition) is 5. The highest BCUT2D eigenvalue weighted by atomic mass is 16.5. The van der Waals surface area contributed by atoms with Crippen molar-refractivity contribution in [2.24, 2.45) is 0 Å². The Kier molecular flexibility index (Phi) is 2.35. The third-order valence-corrected chi connectivity index (χ3v) is 3.66.